The molecule has 0 radical (unpaired) electrons. The van der Waals surface area contributed by atoms with E-state index in [2.05, 4.69) is 6.58 Å². The van der Waals surface area contributed by atoms with E-state index in [1.54, 1.807) is 60.7 Å². The molecule has 0 saturated carbocycles. The van der Waals surface area contributed by atoms with Gasteiger partial charge in [-0.2, -0.15) is 0 Å². The molecule has 0 amide bonds. The lowest BCUT2D eigenvalue weighted by atomic mass is 9.69. The predicted octanol–water partition coefficient (Wildman–Crippen LogP) is 2.79. The SMILES string of the molecule is C=C(C(=O)OC)C(C(=O)O)(c1ccccc1)c1ccccc1. The van der Waals surface area contributed by atoms with Gasteiger partial charge in [0, 0.05) is 0 Å². The Morgan fingerprint density at radius 3 is 1.68 bits per heavy atom. The van der Waals surface area contributed by atoms with E-state index < -0.39 is 17.4 Å². The maximum Gasteiger partial charge on any atom is 0.335 e. The van der Waals surface area contributed by atoms with Crippen molar-refractivity contribution >= 4 is 11.9 Å². The van der Waals surface area contributed by atoms with Gasteiger partial charge < -0.3 is 9.84 Å². The van der Waals surface area contributed by atoms with Gasteiger partial charge in [0.25, 0.3) is 0 Å². The van der Waals surface area contributed by atoms with Gasteiger partial charge in [0.15, 0.2) is 0 Å². The van der Waals surface area contributed by atoms with Gasteiger partial charge in [0.05, 0.1) is 12.7 Å². The molecule has 2 aromatic carbocycles. The lowest BCUT2D eigenvalue weighted by Gasteiger charge is -2.31. The number of esters is 1. The van der Waals surface area contributed by atoms with E-state index in [0.29, 0.717) is 11.1 Å². The lowest BCUT2D eigenvalue weighted by Crippen LogP contribution is -2.41. The van der Waals surface area contributed by atoms with Gasteiger partial charge in [0.1, 0.15) is 5.41 Å². The van der Waals surface area contributed by atoms with Crippen molar-refractivity contribution in [2.45, 2.75) is 5.41 Å². The topological polar surface area (TPSA) is 63.6 Å². The number of carboxylic acids is 1. The summed E-state index contributed by atoms with van der Waals surface area (Å²) in [5, 5.41) is 9.98. The Labute approximate surface area is 128 Å². The van der Waals surface area contributed by atoms with Gasteiger partial charge in [-0.05, 0) is 11.1 Å². The second-order valence-corrected chi connectivity index (χ2v) is 4.76. The van der Waals surface area contributed by atoms with E-state index in [-0.39, 0.29) is 5.57 Å². The number of ether oxygens (including phenoxy) is 1. The quantitative estimate of drug-likeness (QED) is 0.680. The van der Waals surface area contributed by atoms with Gasteiger partial charge in [-0.15, -0.1) is 0 Å². The van der Waals surface area contributed by atoms with Crippen molar-refractivity contribution in [2.24, 2.45) is 0 Å². The zero-order valence-corrected chi connectivity index (χ0v) is 12.2. The van der Waals surface area contributed by atoms with Crippen LogP contribution in [-0.2, 0) is 19.7 Å². The highest BCUT2D eigenvalue weighted by Crippen LogP contribution is 2.39. The van der Waals surface area contributed by atoms with E-state index in [1.165, 1.54) is 7.11 Å². The van der Waals surface area contributed by atoms with Crippen LogP contribution >= 0.6 is 0 Å². The van der Waals surface area contributed by atoms with Gasteiger partial charge >= 0.3 is 11.9 Å². The van der Waals surface area contributed by atoms with Crippen molar-refractivity contribution in [3.8, 4) is 0 Å². The van der Waals surface area contributed by atoms with Crippen LogP contribution in [0.5, 0.6) is 0 Å². The molecule has 0 aliphatic heterocycles. The lowest BCUT2D eigenvalue weighted by molar-refractivity contribution is -0.145. The second kappa shape index (κ2) is 6.26. The third-order valence-electron chi connectivity index (χ3n) is 3.62. The average Bonchev–Trinajstić information content (AvgIpc) is 2.56. The fourth-order valence-electron chi connectivity index (χ4n) is 2.54. The molecule has 2 rings (SSSR count). The number of aliphatic carboxylic acids is 1. The number of carbonyl (C=O) groups excluding carboxylic acids is 1. The monoisotopic (exact) mass is 296 g/mol. The van der Waals surface area contributed by atoms with Crippen molar-refractivity contribution in [3.05, 3.63) is 83.9 Å². The highest BCUT2D eigenvalue weighted by atomic mass is 16.5. The minimum atomic E-state index is -1.68. The third kappa shape index (κ3) is 2.39. The summed E-state index contributed by atoms with van der Waals surface area (Å²) >= 11 is 0. The Kier molecular flexibility index (Phi) is 4.41. The number of carbonyl (C=O) groups is 2. The molecule has 0 fully saturated rings. The molecule has 0 unspecified atom stereocenters. The number of hydrogen-bond acceptors (Lipinski definition) is 3. The first kappa shape index (κ1) is 15.5. The molecule has 4 heteroatoms. The summed E-state index contributed by atoms with van der Waals surface area (Å²) < 4.78 is 4.71. The molecule has 0 saturated heterocycles. The van der Waals surface area contributed by atoms with Crippen LogP contribution in [0.3, 0.4) is 0 Å². The smallest absolute Gasteiger partial charge is 0.335 e. The fraction of sp³-hybridized carbons (Fsp3) is 0.111. The molecule has 0 aromatic heterocycles. The fourth-order valence-corrected chi connectivity index (χ4v) is 2.54. The summed E-state index contributed by atoms with van der Waals surface area (Å²) in [5.74, 6) is -1.93. The Morgan fingerprint density at radius 1 is 0.955 bits per heavy atom. The summed E-state index contributed by atoms with van der Waals surface area (Å²) in [6, 6.07) is 17.1. The van der Waals surface area contributed by atoms with Crippen LogP contribution in [-0.4, -0.2) is 24.2 Å². The minimum absolute atomic E-state index is 0.139. The molecule has 2 aromatic rings. The number of benzene rings is 2. The molecule has 0 heterocycles. The third-order valence-corrected chi connectivity index (χ3v) is 3.62. The largest absolute Gasteiger partial charge is 0.480 e. The minimum Gasteiger partial charge on any atom is -0.480 e. The van der Waals surface area contributed by atoms with Crippen molar-refractivity contribution in [2.75, 3.05) is 7.11 Å². The molecular weight excluding hydrogens is 280 g/mol. The van der Waals surface area contributed by atoms with Crippen LogP contribution in [0.1, 0.15) is 11.1 Å². The second-order valence-electron chi connectivity index (χ2n) is 4.76. The molecule has 0 spiro atoms. The van der Waals surface area contributed by atoms with Crippen molar-refractivity contribution < 1.29 is 19.4 Å². The van der Waals surface area contributed by atoms with Crippen molar-refractivity contribution in [1.29, 1.82) is 0 Å². The summed E-state index contributed by atoms with van der Waals surface area (Å²) in [6.07, 6.45) is 0. The molecule has 0 atom stereocenters. The summed E-state index contributed by atoms with van der Waals surface area (Å²) in [7, 11) is 1.20. The average molecular weight is 296 g/mol. The Bertz CT molecular complexity index is 650. The zero-order chi connectivity index (χ0) is 16.2. The van der Waals surface area contributed by atoms with Gasteiger partial charge in [-0.3, -0.25) is 4.79 Å². The zero-order valence-electron chi connectivity index (χ0n) is 12.2. The Balaban J connectivity index is 2.80. The van der Waals surface area contributed by atoms with Crippen LogP contribution in [0.2, 0.25) is 0 Å². The van der Waals surface area contributed by atoms with Crippen molar-refractivity contribution in [1.82, 2.24) is 0 Å². The summed E-state index contributed by atoms with van der Waals surface area (Å²) in [4.78, 5) is 24.2. The first-order valence-corrected chi connectivity index (χ1v) is 6.67. The number of methoxy groups -OCH3 is 1. The molecule has 0 aliphatic rings. The highest BCUT2D eigenvalue weighted by molar-refractivity contribution is 6.03. The number of rotatable bonds is 5. The van der Waals surface area contributed by atoms with E-state index in [9.17, 15) is 14.7 Å². The van der Waals surface area contributed by atoms with Gasteiger partial charge in [-0.25, -0.2) is 4.79 Å². The first-order valence-electron chi connectivity index (χ1n) is 6.67. The molecule has 0 bridgehead atoms. The number of hydrogen-bond donors (Lipinski definition) is 1. The first-order chi connectivity index (χ1) is 10.5. The standard InChI is InChI=1S/C18H16O4/c1-13(16(19)22-2)18(17(20)21,14-9-5-3-6-10-14)15-11-7-4-8-12-15/h3-12H,1H2,2H3,(H,20,21). The normalized spacial score (nSPS) is 10.8. The van der Waals surface area contributed by atoms with E-state index >= 15 is 0 Å². The van der Waals surface area contributed by atoms with E-state index in [4.69, 9.17) is 4.74 Å². The van der Waals surface area contributed by atoms with Gasteiger partial charge in [0.2, 0.25) is 0 Å². The molecule has 1 N–H and O–H groups in total. The van der Waals surface area contributed by atoms with Crippen LogP contribution in [0.15, 0.2) is 72.8 Å². The van der Waals surface area contributed by atoms with E-state index in [0.717, 1.165) is 0 Å². The molecule has 112 valence electrons. The molecule has 0 aliphatic carbocycles. The van der Waals surface area contributed by atoms with Crippen LogP contribution in [0, 0.1) is 0 Å². The van der Waals surface area contributed by atoms with Crippen molar-refractivity contribution in [3.63, 3.8) is 0 Å². The Morgan fingerprint density at radius 2 is 1.36 bits per heavy atom. The molecule has 22 heavy (non-hydrogen) atoms. The molecular formula is C18H16O4. The highest BCUT2D eigenvalue weighted by Gasteiger charge is 2.48. The van der Waals surface area contributed by atoms with Crippen LogP contribution in [0.25, 0.3) is 0 Å². The maximum absolute atomic E-state index is 12.2. The Hall–Kier alpha value is -2.88. The van der Waals surface area contributed by atoms with E-state index in [1.807, 2.05) is 0 Å². The predicted molar refractivity (Wildman–Crippen MR) is 82.5 cm³/mol. The number of carboxylic acid groups (broad SMARTS) is 1. The maximum atomic E-state index is 12.2. The summed E-state index contributed by atoms with van der Waals surface area (Å²) in [5.41, 5.74) is -0.927. The summed E-state index contributed by atoms with van der Waals surface area (Å²) in [6.45, 7) is 3.72. The molecule has 4 nitrogen and oxygen atoms in total. The van der Waals surface area contributed by atoms with Gasteiger partial charge in [-0.1, -0.05) is 67.2 Å². The van der Waals surface area contributed by atoms with Crippen LogP contribution in [0.4, 0.5) is 0 Å². The van der Waals surface area contributed by atoms with Crippen LogP contribution < -0.4 is 0 Å².